The van der Waals surface area contributed by atoms with E-state index < -0.39 is 36.0 Å². The van der Waals surface area contributed by atoms with Crippen molar-refractivity contribution in [2.24, 2.45) is 11.8 Å². The molecule has 8 heteroatoms. The number of nitrogens with one attached hydrogen (secondary N) is 3. The van der Waals surface area contributed by atoms with Crippen LogP contribution in [0.2, 0.25) is 0 Å². The Kier molecular flexibility index (Phi) is 9.78. The normalized spacial score (nSPS) is 14.4. The van der Waals surface area contributed by atoms with Crippen LogP contribution in [0.25, 0.3) is 0 Å². The molecule has 0 aromatic carbocycles. The Bertz CT molecular complexity index is 491. The van der Waals surface area contributed by atoms with Crippen molar-refractivity contribution in [2.75, 3.05) is 7.11 Å². The molecule has 0 bridgehead atoms. The molecule has 0 rings (SSSR count). The monoisotopic (exact) mass is 357 g/mol. The highest BCUT2D eigenvalue weighted by atomic mass is 16.5. The van der Waals surface area contributed by atoms with Gasteiger partial charge in [-0.05, 0) is 32.1 Å². The molecule has 0 radical (unpaired) electrons. The Morgan fingerprint density at radius 3 is 1.84 bits per heavy atom. The van der Waals surface area contributed by atoms with Crippen LogP contribution in [0.15, 0.2) is 0 Å². The third-order valence-corrected chi connectivity index (χ3v) is 3.67. The van der Waals surface area contributed by atoms with E-state index in [1.54, 1.807) is 13.8 Å². The summed E-state index contributed by atoms with van der Waals surface area (Å²) in [6.45, 7) is 10.4. The van der Waals surface area contributed by atoms with E-state index >= 15 is 0 Å². The first-order chi connectivity index (χ1) is 11.5. The molecule has 8 nitrogen and oxygen atoms in total. The Labute approximate surface area is 149 Å². The Morgan fingerprint density at radius 1 is 0.880 bits per heavy atom. The number of hydrogen-bond acceptors (Lipinski definition) is 5. The average molecular weight is 357 g/mol. The van der Waals surface area contributed by atoms with Gasteiger partial charge in [-0.15, -0.1) is 0 Å². The van der Waals surface area contributed by atoms with Crippen LogP contribution >= 0.6 is 0 Å². The maximum Gasteiger partial charge on any atom is 0.407 e. The van der Waals surface area contributed by atoms with Gasteiger partial charge in [0.1, 0.15) is 12.1 Å². The van der Waals surface area contributed by atoms with Gasteiger partial charge in [0.15, 0.2) is 5.78 Å². The first-order valence-electron chi connectivity index (χ1n) is 8.45. The molecule has 0 aromatic heterocycles. The highest BCUT2D eigenvalue weighted by molar-refractivity contribution is 5.93. The van der Waals surface area contributed by atoms with Gasteiger partial charge in [-0.3, -0.25) is 14.4 Å². The number of carbonyl (C=O) groups is 4. The molecule has 0 spiro atoms. The molecule has 0 saturated carbocycles. The van der Waals surface area contributed by atoms with Crippen molar-refractivity contribution < 1.29 is 23.9 Å². The predicted octanol–water partition coefficient (Wildman–Crippen LogP) is 0.992. The number of ether oxygens (including phenoxy) is 1. The molecule has 0 saturated heterocycles. The van der Waals surface area contributed by atoms with Gasteiger partial charge >= 0.3 is 6.09 Å². The van der Waals surface area contributed by atoms with E-state index in [1.165, 1.54) is 21.0 Å². The van der Waals surface area contributed by atoms with Crippen molar-refractivity contribution in [1.82, 2.24) is 16.0 Å². The fraction of sp³-hybridized carbons (Fsp3) is 0.765. The number of methoxy groups -OCH3 is 1. The minimum atomic E-state index is -0.845. The standard InChI is InChI=1S/C17H31N3O5/c1-9(2)8-13(12(6)21)19-15(22)11(5)18-16(23)14(10(3)4)20-17(24)25-7/h9-11,13-14H,8H2,1-7H3,(H,18,23)(H,19,22)(H,20,24)/t11-,13?,14-/m0/s1. The number of alkyl carbamates (subject to hydrolysis) is 1. The van der Waals surface area contributed by atoms with Crippen molar-refractivity contribution in [1.29, 1.82) is 0 Å². The maximum absolute atomic E-state index is 12.3. The Balaban J connectivity index is 4.84. The van der Waals surface area contributed by atoms with E-state index in [2.05, 4.69) is 20.7 Å². The van der Waals surface area contributed by atoms with Crippen molar-refractivity contribution in [3.63, 3.8) is 0 Å². The minimum absolute atomic E-state index is 0.131. The van der Waals surface area contributed by atoms with Crippen molar-refractivity contribution in [2.45, 2.75) is 66.1 Å². The molecular formula is C17H31N3O5. The van der Waals surface area contributed by atoms with Gasteiger partial charge in [-0.1, -0.05) is 27.7 Å². The first-order valence-corrected chi connectivity index (χ1v) is 8.45. The summed E-state index contributed by atoms with van der Waals surface area (Å²) in [6, 6.07) is -2.26. The summed E-state index contributed by atoms with van der Waals surface area (Å²) in [5, 5.41) is 7.65. The molecule has 0 aromatic rings. The predicted molar refractivity (Wildman–Crippen MR) is 93.8 cm³/mol. The van der Waals surface area contributed by atoms with Crippen LogP contribution in [0.4, 0.5) is 4.79 Å². The second kappa shape index (κ2) is 10.7. The van der Waals surface area contributed by atoms with Gasteiger partial charge < -0.3 is 20.7 Å². The number of Topliss-reactive ketones (excluding diaryl/α,β-unsaturated/α-hetero) is 1. The van der Waals surface area contributed by atoms with Crippen LogP contribution in [-0.4, -0.2) is 48.9 Å². The lowest BCUT2D eigenvalue weighted by Crippen LogP contribution is -2.56. The fourth-order valence-corrected chi connectivity index (χ4v) is 2.18. The molecule has 0 aliphatic carbocycles. The van der Waals surface area contributed by atoms with Crippen LogP contribution in [-0.2, 0) is 19.1 Å². The van der Waals surface area contributed by atoms with Gasteiger partial charge in [-0.25, -0.2) is 4.79 Å². The zero-order valence-electron chi connectivity index (χ0n) is 16.1. The lowest BCUT2D eigenvalue weighted by molar-refractivity contribution is -0.131. The molecule has 3 atom stereocenters. The van der Waals surface area contributed by atoms with Crippen molar-refractivity contribution in [3.8, 4) is 0 Å². The van der Waals surface area contributed by atoms with Gasteiger partial charge in [-0.2, -0.15) is 0 Å². The van der Waals surface area contributed by atoms with Gasteiger partial charge in [0.05, 0.1) is 13.2 Å². The van der Waals surface area contributed by atoms with E-state index in [0.717, 1.165) is 0 Å². The Morgan fingerprint density at radius 2 is 1.44 bits per heavy atom. The number of carbonyl (C=O) groups excluding carboxylic acids is 4. The molecule has 0 aliphatic rings. The van der Waals surface area contributed by atoms with Crippen LogP contribution < -0.4 is 16.0 Å². The summed E-state index contributed by atoms with van der Waals surface area (Å²) in [5.41, 5.74) is 0. The van der Waals surface area contributed by atoms with E-state index in [0.29, 0.717) is 6.42 Å². The molecular weight excluding hydrogens is 326 g/mol. The molecule has 25 heavy (non-hydrogen) atoms. The third-order valence-electron chi connectivity index (χ3n) is 3.67. The van der Waals surface area contributed by atoms with E-state index in [4.69, 9.17) is 0 Å². The average Bonchev–Trinajstić information content (AvgIpc) is 2.50. The van der Waals surface area contributed by atoms with Crippen molar-refractivity contribution in [3.05, 3.63) is 0 Å². The van der Waals surface area contributed by atoms with Crippen LogP contribution in [0.1, 0.15) is 48.0 Å². The summed E-state index contributed by atoms with van der Waals surface area (Å²) in [4.78, 5) is 47.6. The summed E-state index contributed by atoms with van der Waals surface area (Å²) >= 11 is 0. The van der Waals surface area contributed by atoms with Crippen LogP contribution in [0.5, 0.6) is 0 Å². The summed E-state index contributed by atoms with van der Waals surface area (Å²) in [5.74, 6) is -1.03. The number of rotatable bonds is 9. The largest absolute Gasteiger partial charge is 0.453 e. The molecule has 3 amide bonds. The topological polar surface area (TPSA) is 114 Å². The van der Waals surface area contributed by atoms with E-state index in [9.17, 15) is 19.2 Å². The van der Waals surface area contributed by atoms with Gasteiger partial charge in [0.2, 0.25) is 11.8 Å². The number of amides is 3. The molecule has 0 aliphatic heterocycles. The molecule has 3 N–H and O–H groups in total. The quantitative estimate of drug-likeness (QED) is 0.569. The second-order valence-electron chi connectivity index (χ2n) is 6.89. The molecule has 1 unspecified atom stereocenters. The summed E-state index contributed by atoms with van der Waals surface area (Å²) < 4.78 is 4.50. The van der Waals surface area contributed by atoms with E-state index in [1.807, 2.05) is 13.8 Å². The van der Waals surface area contributed by atoms with E-state index in [-0.39, 0.29) is 17.6 Å². The molecule has 0 heterocycles. The lowest BCUT2D eigenvalue weighted by atomic mass is 10.0. The first kappa shape index (κ1) is 22.9. The maximum atomic E-state index is 12.3. The van der Waals surface area contributed by atoms with Crippen LogP contribution in [0.3, 0.4) is 0 Å². The molecule has 0 fully saturated rings. The van der Waals surface area contributed by atoms with Gasteiger partial charge in [0.25, 0.3) is 0 Å². The second-order valence-corrected chi connectivity index (χ2v) is 6.89. The zero-order chi connectivity index (χ0) is 19.7. The molecule has 144 valence electrons. The highest BCUT2D eigenvalue weighted by Gasteiger charge is 2.28. The van der Waals surface area contributed by atoms with Gasteiger partial charge in [0, 0.05) is 0 Å². The smallest absolute Gasteiger partial charge is 0.407 e. The summed E-state index contributed by atoms with van der Waals surface area (Å²) in [7, 11) is 1.21. The third kappa shape index (κ3) is 8.51. The SMILES string of the molecule is COC(=O)N[C@H](C(=O)N[C@@H](C)C(=O)NC(CC(C)C)C(C)=O)C(C)C. The van der Waals surface area contributed by atoms with Crippen molar-refractivity contribution >= 4 is 23.7 Å². The van der Waals surface area contributed by atoms with Crippen LogP contribution in [0, 0.1) is 11.8 Å². The highest BCUT2D eigenvalue weighted by Crippen LogP contribution is 2.07. The lowest BCUT2D eigenvalue weighted by Gasteiger charge is -2.24. The number of hydrogen-bond donors (Lipinski definition) is 3. The minimum Gasteiger partial charge on any atom is -0.453 e. The summed E-state index contributed by atoms with van der Waals surface area (Å²) in [6.07, 6.45) is -0.195. The number of ketones is 1. The zero-order valence-corrected chi connectivity index (χ0v) is 16.1. The Hall–Kier alpha value is -2.12. The fourth-order valence-electron chi connectivity index (χ4n) is 2.18.